The summed E-state index contributed by atoms with van der Waals surface area (Å²) in [4.78, 5) is 17.0. The van der Waals surface area contributed by atoms with Crippen molar-refractivity contribution < 1.29 is 14.3 Å². The molecule has 0 radical (unpaired) electrons. The van der Waals surface area contributed by atoms with Gasteiger partial charge in [-0.15, -0.1) is 11.3 Å². The molecule has 5 nitrogen and oxygen atoms in total. The number of nitrogens with zero attached hydrogens (tertiary/aromatic N) is 1. The summed E-state index contributed by atoms with van der Waals surface area (Å²) in [5.41, 5.74) is 3.83. The number of carbonyl (C=O) groups is 1. The van der Waals surface area contributed by atoms with Crippen molar-refractivity contribution in [2.45, 2.75) is 33.3 Å². The molecule has 0 aliphatic carbocycles. The van der Waals surface area contributed by atoms with Crippen LogP contribution in [0.4, 0.5) is 0 Å². The second kappa shape index (κ2) is 9.56. The van der Waals surface area contributed by atoms with Gasteiger partial charge in [0.05, 0.1) is 23.9 Å². The molecule has 1 aromatic heterocycles. The summed E-state index contributed by atoms with van der Waals surface area (Å²) in [6.45, 7) is 6.46. The van der Waals surface area contributed by atoms with Gasteiger partial charge in [0.15, 0.2) is 11.5 Å². The Balaban J connectivity index is 1.55. The van der Waals surface area contributed by atoms with Crippen LogP contribution in [0.3, 0.4) is 0 Å². The van der Waals surface area contributed by atoms with E-state index in [1.165, 1.54) is 5.56 Å². The van der Waals surface area contributed by atoms with Crippen molar-refractivity contribution in [3.8, 4) is 22.8 Å². The normalized spacial score (nSPS) is 10.8. The third-order valence-corrected chi connectivity index (χ3v) is 5.13. The van der Waals surface area contributed by atoms with Crippen LogP contribution in [0, 0.1) is 6.92 Å². The second-order valence-corrected chi connectivity index (χ2v) is 8.05. The Morgan fingerprint density at radius 3 is 2.52 bits per heavy atom. The number of hydrogen-bond acceptors (Lipinski definition) is 5. The Morgan fingerprint density at radius 2 is 1.90 bits per heavy atom. The number of amides is 1. The fourth-order valence-electron chi connectivity index (χ4n) is 2.92. The van der Waals surface area contributed by atoms with Crippen molar-refractivity contribution in [2.75, 3.05) is 13.7 Å². The molecule has 0 aliphatic rings. The molecule has 3 aromatic rings. The minimum Gasteiger partial charge on any atom is -0.493 e. The van der Waals surface area contributed by atoms with Gasteiger partial charge in [-0.2, -0.15) is 0 Å². The third-order valence-electron chi connectivity index (χ3n) is 4.36. The molecule has 0 saturated heterocycles. The third kappa shape index (κ3) is 5.57. The average molecular weight is 411 g/mol. The number of benzene rings is 2. The fraction of sp³-hybridized carbons (Fsp3) is 0.304. The number of aryl methyl sites for hydroxylation is 1. The highest BCUT2D eigenvalue weighted by molar-refractivity contribution is 7.09. The van der Waals surface area contributed by atoms with Crippen molar-refractivity contribution in [1.82, 2.24) is 10.3 Å². The molecule has 0 atom stereocenters. The number of nitrogens with one attached hydrogen (secondary N) is 1. The highest BCUT2D eigenvalue weighted by atomic mass is 32.1. The average Bonchev–Trinajstić information content (AvgIpc) is 3.14. The van der Waals surface area contributed by atoms with Crippen LogP contribution < -0.4 is 14.8 Å². The van der Waals surface area contributed by atoms with Crippen LogP contribution in [0.2, 0.25) is 0 Å². The van der Waals surface area contributed by atoms with Gasteiger partial charge < -0.3 is 14.8 Å². The first-order valence-electron chi connectivity index (χ1n) is 9.60. The molecule has 0 unspecified atom stereocenters. The van der Waals surface area contributed by atoms with E-state index in [-0.39, 0.29) is 12.0 Å². The quantitative estimate of drug-likeness (QED) is 0.575. The molecule has 0 bridgehead atoms. The van der Waals surface area contributed by atoms with Crippen molar-refractivity contribution >= 4 is 17.2 Å². The molecule has 29 heavy (non-hydrogen) atoms. The molecule has 0 aliphatic heterocycles. The van der Waals surface area contributed by atoms with Crippen LogP contribution in [0.15, 0.2) is 47.8 Å². The molecule has 1 amide bonds. The summed E-state index contributed by atoms with van der Waals surface area (Å²) in [5, 5.41) is 6.09. The van der Waals surface area contributed by atoms with E-state index in [0.29, 0.717) is 23.6 Å². The van der Waals surface area contributed by atoms with Gasteiger partial charge in [0.2, 0.25) is 0 Å². The van der Waals surface area contributed by atoms with E-state index in [2.05, 4.69) is 39.9 Å². The molecule has 3 rings (SSSR count). The number of methoxy groups -OCH3 is 1. The lowest BCUT2D eigenvalue weighted by Gasteiger charge is -2.14. The molecule has 1 heterocycles. The van der Waals surface area contributed by atoms with E-state index in [4.69, 9.17) is 9.47 Å². The minimum absolute atomic E-state index is 0.0366. The number of hydrogen-bond donors (Lipinski definition) is 1. The summed E-state index contributed by atoms with van der Waals surface area (Å²) in [6, 6.07) is 13.5. The zero-order valence-electron chi connectivity index (χ0n) is 17.2. The van der Waals surface area contributed by atoms with Gasteiger partial charge in [-0.25, -0.2) is 4.98 Å². The van der Waals surface area contributed by atoms with E-state index >= 15 is 0 Å². The van der Waals surface area contributed by atoms with E-state index in [1.807, 2.05) is 20.8 Å². The lowest BCUT2D eigenvalue weighted by Crippen LogP contribution is -2.25. The Labute approximate surface area is 175 Å². The predicted octanol–water partition coefficient (Wildman–Crippen LogP) is 4.89. The maximum Gasteiger partial charge on any atom is 0.251 e. The number of thiazole rings is 1. The number of rotatable bonds is 8. The van der Waals surface area contributed by atoms with Gasteiger partial charge in [0.1, 0.15) is 0 Å². The molecule has 6 heteroatoms. The minimum atomic E-state index is -0.131. The van der Waals surface area contributed by atoms with Crippen LogP contribution in [0.1, 0.15) is 34.8 Å². The van der Waals surface area contributed by atoms with Crippen molar-refractivity contribution in [3.05, 3.63) is 64.0 Å². The smallest absolute Gasteiger partial charge is 0.251 e. The first kappa shape index (κ1) is 20.9. The zero-order valence-corrected chi connectivity index (χ0v) is 18.0. The maximum atomic E-state index is 12.5. The second-order valence-electron chi connectivity index (χ2n) is 6.99. The number of ether oxygens (including phenoxy) is 2. The molecule has 0 spiro atoms. The van der Waals surface area contributed by atoms with Gasteiger partial charge in [-0.05, 0) is 51.0 Å². The van der Waals surface area contributed by atoms with Crippen LogP contribution in [0.25, 0.3) is 11.3 Å². The monoisotopic (exact) mass is 410 g/mol. The number of carbonyl (C=O) groups excluding carboxylic acids is 1. The Hall–Kier alpha value is -2.86. The molecule has 1 N–H and O–H groups in total. The summed E-state index contributed by atoms with van der Waals surface area (Å²) in [5.74, 6) is 1.06. The lowest BCUT2D eigenvalue weighted by atomic mass is 10.1. The first-order chi connectivity index (χ1) is 14.0. The van der Waals surface area contributed by atoms with Crippen LogP contribution in [-0.2, 0) is 6.42 Å². The highest BCUT2D eigenvalue weighted by Crippen LogP contribution is 2.29. The van der Waals surface area contributed by atoms with E-state index in [0.717, 1.165) is 22.7 Å². The highest BCUT2D eigenvalue weighted by Gasteiger charge is 2.12. The van der Waals surface area contributed by atoms with Crippen LogP contribution in [-0.4, -0.2) is 30.6 Å². The topological polar surface area (TPSA) is 60.5 Å². The Bertz CT molecular complexity index is 965. The fourth-order valence-corrected chi connectivity index (χ4v) is 3.54. The lowest BCUT2D eigenvalue weighted by molar-refractivity contribution is 0.0953. The molecule has 2 aromatic carbocycles. The maximum absolute atomic E-state index is 12.5. The van der Waals surface area contributed by atoms with Gasteiger partial charge in [-0.1, -0.05) is 24.3 Å². The molecule has 152 valence electrons. The number of aromatic nitrogens is 1. The summed E-state index contributed by atoms with van der Waals surface area (Å²) in [7, 11) is 1.57. The Morgan fingerprint density at radius 1 is 1.14 bits per heavy atom. The van der Waals surface area contributed by atoms with Gasteiger partial charge in [0, 0.05) is 23.1 Å². The van der Waals surface area contributed by atoms with E-state index in [9.17, 15) is 4.79 Å². The van der Waals surface area contributed by atoms with E-state index < -0.39 is 0 Å². The van der Waals surface area contributed by atoms with E-state index in [1.54, 1.807) is 36.6 Å². The van der Waals surface area contributed by atoms with Gasteiger partial charge in [0.25, 0.3) is 5.91 Å². The molecular weight excluding hydrogens is 384 g/mol. The van der Waals surface area contributed by atoms with Crippen LogP contribution in [0.5, 0.6) is 11.5 Å². The molecular formula is C23H26N2O3S. The van der Waals surface area contributed by atoms with Gasteiger partial charge in [-0.3, -0.25) is 4.79 Å². The standard InChI is InChI=1S/C23H26N2O3S/c1-15(2)28-21-10-9-19(13-22(21)27-4)23(26)24-12-11-17-5-7-18(8-6-17)20-14-29-16(3)25-20/h5-10,13-15H,11-12H2,1-4H3,(H,24,26). The molecule has 0 fully saturated rings. The van der Waals surface area contributed by atoms with Crippen molar-refractivity contribution in [2.24, 2.45) is 0 Å². The predicted molar refractivity (Wildman–Crippen MR) is 117 cm³/mol. The molecule has 0 saturated carbocycles. The van der Waals surface area contributed by atoms with Crippen molar-refractivity contribution in [3.63, 3.8) is 0 Å². The SMILES string of the molecule is COc1cc(C(=O)NCCc2ccc(-c3csc(C)n3)cc2)ccc1OC(C)C. The zero-order chi connectivity index (χ0) is 20.8. The summed E-state index contributed by atoms with van der Waals surface area (Å²) >= 11 is 1.65. The van der Waals surface area contributed by atoms with Gasteiger partial charge >= 0.3 is 0 Å². The van der Waals surface area contributed by atoms with Crippen LogP contribution >= 0.6 is 11.3 Å². The summed E-state index contributed by atoms with van der Waals surface area (Å²) in [6.07, 6.45) is 0.794. The Kier molecular flexibility index (Phi) is 6.88. The summed E-state index contributed by atoms with van der Waals surface area (Å²) < 4.78 is 11.0. The van der Waals surface area contributed by atoms with Crippen molar-refractivity contribution in [1.29, 1.82) is 0 Å². The largest absolute Gasteiger partial charge is 0.493 e. The first-order valence-corrected chi connectivity index (χ1v) is 10.5.